The van der Waals surface area contributed by atoms with Gasteiger partial charge in [0.05, 0.1) is 29.4 Å². The molecule has 4 heteroatoms. The molecule has 1 fully saturated rings. The second-order valence-corrected chi connectivity index (χ2v) is 5.90. The number of benzene rings is 1. The molecule has 106 valence electrons. The summed E-state index contributed by atoms with van der Waals surface area (Å²) >= 11 is 12.1. The molecule has 1 unspecified atom stereocenters. The molecule has 0 radical (unpaired) electrons. The van der Waals surface area contributed by atoms with Crippen molar-refractivity contribution < 1.29 is 9.84 Å². The van der Waals surface area contributed by atoms with Crippen LogP contribution in [0.5, 0.6) is 0 Å². The minimum absolute atomic E-state index is 0.0159. The van der Waals surface area contributed by atoms with Gasteiger partial charge in [-0.3, -0.25) is 0 Å². The summed E-state index contributed by atoms with van der Waals surface area (Å²) in [5.41, 5.74) is 1.06. The van der Waals surface area contributed by atoms with E-state index in [2.05, 4.69) is 0 Å². The van der Waals surface area contributed by atoms with Crippen molar-refractivity contribution in [3.8, 4) is 0 Å². The number of hydrogen-bond acceptors (Lipinski definition) is 2. The van der Waals surface area contributed by atoms with Crippen LogP contribution in [0.2, 0.25) is 10.0 Å². The summed E-state index contributed by atoms with van der Waals surface area (Å²) in [6, 6.07) is 5.68. The Hall–Kier alpha value is -0.280. The van der Waals surface area contributed by atoms with Crippen molar-refractivity contribution in [2.45, 2.75) is 38.2 Å². The SMILES string of the molecule is OCCOC(c1ccc(Cl)c(Cl)c1)C1CCCCC1. The number of aliphatic hydroxyl groups excluding tert-OH is 1. The van der Waals surface area contributed by atoms with Crippen LogP contribution in [-0.4, -0.2) is 18.3 Å². The first-order chi connectivity index (χ1) is 9.22. The zero-order chi connectivity index (χ0) is 13.7. The average molecular weight is 303 g/mol. The second kappa shape index (κ2) is 7.49. The number of halogens is 2. The maximum atomic E-state index is 8.99. The number of ether oxygens (including phenoxy) is 1. The largest absolute Gasteiger partial charge is 0.394 e. The predicted octanol–water partition coefficient (Wildman–Crippen LogP) is 4.62. The lowest BCUT2D eigenvalue weighted by atomic mass is 9.82. The predicted molar refractivity (Wildman–Crippen MR) is 78.8 cm³/mol. The van der Waals surface area contributed by atoms with E-state index in [4.69, 9.17) is 33.0 Å². The molecule has 0 bridgehead atoms. The van der Waals surface area contributed by atoms with Crippen molar-refractivity contribution >= 4 is 23.2 Å². The Bertz CT molecular complexity index is 403. The van der Waals surface area contributed by atoms with Gasteiger partial charge in [0.25, 0.3) is 0 Å². The normalized spacial score (nSPS) is 18.5. The molecule has 1 aromatic carbocycles. The minimum Gasteiger partial charge on any atom is -0.394 e. The third-order valence-electron chi connectivity index (χ3n) is 3.74. The molecule has 0 spiro atoms. The van der Waals surface area contributed by atoms with Crippen molar-refractivity contribution in [2.24, 2.45) is 5.92 Å². The number of aliphatic hydroxyl groups is 1. The highest BCUT2D eigenvalue weighted by Crippen LogP contribution is 2.38. The first kappa shape index (κ1) is 15.1. The molecule has 1 saturated carbocycles. The van der Waals surface area contributed by atoms with Crippen LogP contribution in [0.3, 0.4) is 0 Å². The van der Waals surface area contributed by atoms with E-state index in [-0.39, 0.29) is 12.7 Å². The molecule has 1 atom stereocenters. The maximum Gasteiger partial charge on any atom is 0.0854 e. The van der Waals surface area contributed by atoms with Crippen LogP contribution in [0.15, 0.2) is 18.2 Å². The summed E-state index contributed by atoms with van der Waals surface area (Å²) in [6.07, 6.45) is 6.19. The summed E-state index contributed by atoms with van der Waals surface area (Å²) in [5, 5.41) is 10.1. The highest BCUT2D eigenvalue weighted by molar-refractivity contribution is 6.42. The molecular formula is C15H20Cl2O2. The summed E-state index contributed by atoms with van der Waals surface area (Å²) < 4.78 is 5.86. The van der Waals surface area contributed by atoms with Crippen molar-refractivity contribution in [3.63, 3.8) is 0 Å². The van der Waals surface area contributed by atoms with E-state index in [1.165, 1.54) is 32.1 Å². The van der Waals surface area contributed by atoms with Crippen LogP contribution in [0.1, 0.15) is 43.8 Å². The molecule has 2 nitrogen and oxygen atoms in total. The number of rotatable bonds is 5. The van der Waals surface area contributed by atoms with Gasteiger partial charge in [-0.2, -0.15) is 0 Å². The van der Waals surface area contributed by atoms with E-state index >= 15 is 0 Å². The van der Waals surface area contributed by atoms with Crippen LogP contribution in [0, 0.1) is 5.92 Å². The Morgan fingerprint density at radius 3 is 2.53 bits per heavy atom. The molecule has 19 heavy (non-hydrogen) atoms. The maximum absolute atomic E-state index is 8.99. The van der Waals surface area contributed by atoms with Gasteiger partial charge in [-0.15, -0.1) is 0 Å². The molecule has 0 saturated heterocycles. The second-order valence-electron chi connectivity index (χ2n) is 5.09. The quantitative estimate of drug-likeness (QED) is 0.859. The molecular weight excluding hydrogens is 283 g/mol. The van der Waals surface area contributed by atoms with Crippen molar-refractivity contribution in [1.29, 1.82) is 0 Å². The molecule has 0 aliphatic heterocycles. The molecule has 0 aromatic heterocycles. The summed E-state index contributed by atoms with van der Waals surface area (Å²) in [7, 11) is 0. The monoisotopic (exact) mass is 302 g/mol. The fraction of sp³-hybridized carbons (Fsp3) is 0.600. The Labute approximate surface area is 124 Å². The van der Waals surface area contributed by atoms with Crippen molar-refractivity contribution in [3.05, 3.63) is 33.8 Å². The third-order valence-corrected chi connectivity index (χ3v) is 4.48. The van der Waals surface area contributed by atoms with Gasteiger partial charge in [0.1, 0.15) is 0 Å². The van der Waals surface area contributed by atoms with Gasteiger partial charge < -0.3 is 9.84 Å². The average Bonchev–Trinajstić information content (AvgIpc) is 2.44. The molecule has 2 rings (SSSR count). The Balaban J connectivity index is 2.17. The lowest BCUT2D eigenvalue weighted by molar-refractivity contribution is -0.0170. The Morgan fingerprint density at radius 2 is 1.89 bits per heavy atom. The lowest BCUT2D eigenvalue weighted by Gasteiger charge is -2.30. The highest BCUT2D eigenvalue weighted by Gasteiger charge is 2.26. The zero-order valence-corrected chi connectivity index (χ0v) is 12.5. The van der Waals surface area contributed by atoms with Gasteiger partial charge in [-0.25, -0.2) is 0 Å². The third kappa shape index (κ3) is 4.09. The van der Waals surface area contributed by atoms with Gasteiger partial charge in [0.15, 0.2) is 0 Å². The molecule has 0 heterocycles. The molecule has 1 aliphatic carbocycles. The van der Waals surface area contributed by atoms with E-state index in [9.17, 15) is 0 Å². The van der Waals surface area contributed by atoms with E-state index in [1.54, 1.807) is 0 Å². The first-order valence-corrected chi connectivity index (χ1v) is 7.65. The number of hydrogen-bond donors (Lipinski definition) is 1. The summed E-state index contributed by atoms with van der Waals surface area (Å²) in [5.74, 6) is 0.512. The van der Waals surface area contributed by atoms with Crippen LogP contribution >= 0.6 is 23.2 Å². The van der Waals surface area contributed by atoms with Crippen molar-refractivity contribution in [2.75, 3.05) is 13.2 Å². The molecule has 1 aromatic rings. The molecule has 0 amide bonds. The Kier molecular flexibility index (Phi) is 5.96. The van der Waals surface area contributed by atoms with Crippen molar-refractivity contribution in [1.82, 2.24) is 0 Å². The van der Waals surface area contributed by atoms with E-state index in [1.807, 2.05) is 18.2 Å². The minimum atomic E-state index is 0.0159. The zero-order valence-electron chi connectivity index (χ0n) is 10.9. The summed E-state index contributed by atoms with van der Waals surface area (Å²) in [6.45, 7) is 0.409. The van der Waals surface area contributed by atoms with Gasteiger partial charge >= 0.3 is 0 Å². The van der Waals surface area contributed by atoms with E-state index < -0.39 is 0 Å². The molecule has 1 aliphatic rings. The topological polar surface area (TPSA) is 29.5 Å². The highest BCUT2D eigenvalue weighted by atomic mass is 35.5. The van der Waals surface area contributed by atoms with Gasteiger partial charge in [-0.05, 0) is 36.5 Å². The lowest BCUT2D eigenvalue weighted by Crippen LogP contribution is -2.20. The fourth-order valence-corrected chi connectivity index (χ4v) is 3.12. The standard InChI is InChI=1S/C15H20Cl2O2/c16-13-7-6-12(10-14(13)17)15(19-9-8-18)11-4-2-1-3-5-11/h6-7,10-11,15,18H,1-5,8-9H2. The Morgan fingerprint density at radius 1 is 1.16 bits per heavy atom. The smallest absolute Gasteiger partial charge is 0.0854 e. The first-order valence-electron chi connectivity index (χ1n) is 6.90. The van der Waals surface area contributed by atoms with Crippen LogP contribution < -0.4 is 0 Å². The van der Waals surface area contributed by atoms with Crippen LogP contribution in [-0.2, 0) is 4.74 Å². The van der Waals surface area contributed by atoms with Crippen LogP contribution in [0.4, 0.5) is 0 Å². The molecule has 1 N–H and O–H groups in total. The van der Waals surface area contributed by atoms with Gasteiger partial charge in [0, 0.05) is 0 Å². The van der Waals surface area contributed by atoms with E-state index in [0.29, 0.717) is 22.6 Å². The van der Waals surface area contributed by atoms with Gasteiger partial charge in [-0.1, -0.05) is 48.5 Å². The van der Waals surface area contributed by atoms with Gasteiger partial charge in [0.2, 0.25) is 0 Å². The fourth-order valence-electron chi connectivity index (χ4n) is 2.81. The van der Waals surface area contributed by atoms with E-state index in [0.717, 1.165) is 5.56 Å². The van der Waals surface area contributed by atoms with Crippen LogP contribution in [0.25, 0.3) is 0 Å². The summed E-state index contributed by atoms with van der Waals surface area (Å²) in [4.78, 5) is 0.